The summed E-state index contributed by atoms with van der Waals surface area (Å²) < 4.78 is 0. The summed E-state index contributed by atoms with van der Waals surface area (Å²) >= 11 is 0. The Bertz CT molecular complexity index is 998. The van der Waals surface area contributed by atoms with Gasteiger partial charge in [0.2, 0.25) is 0 Å². The summed E-state index contributed by atoms with van der Waals surface area (Å²) in [6.07, 6.45) is 1.25. The number of hydrogen-bond acceptors (Lipinski definition) is 0. The van der Waals surface area contributed by atoms with Gasteiger partial charge in [-0.05, 0) is 46.4 Å². The maximum absolute atomic E-state index is 2.28. The highest BCUT2D eigenvalue weighted by molar-refractivity contribution is 5.85. The molecule has 0 radical (unpaired) electrons. The molecule has 4 aromatic carbocycles. The standard InChI is InChI=1S/C25H20.C3H8/c1-19-15-16-24(25(17-19)21-11-6-3-7-12-21)23-14-8-13-22(18-23)20-9-4-2-5-10-20;1-3-2/h2-18H,1H3;3H2,1-2H3. The summed E-state index contributed by atoms with van der Waals surface area (Å²) in [5, 5.41) is 0. The van der Waals surface area contributed by atoms with Crippen molar-refractivity contribution in [2.45, 2.75) is 27.2 Å². The van der Waals surface area contributed by atoms with Crippen molar-refractivity contribution in [2.75, 3.05) is 0 Å². The molecule has 0 aliphatic rings. The van der Waals surface area contributed by atoms with Crippen LogP contribution in [0.25, 0.3) is 33.4 Å². The van der Waals surface area contributed by atoms with Gasteiger partial charge in [-0.25, -0.2) is 0 Å². The van der Waals surface area contributed by atoms with Crippen LogP contribution in [-0.4, -0.2) is 0 Å². The van der Waals surface area contributed by atoms with Crippen LogP contribution < -0.4 is 0 Å². The molecular formula is C28H28. The third-order valence-electron chi connectivity index (χ3n) is 4.54. The van der Waals surface area contributed by atoms with Crippen LogP contribution in [-0.2, 0) is 0 Å². The van der Waals surface area contributed by atoms with E-state index in [1.807, 2.05) is 0 Å². The van der Waals surface area contributed by atoms with Crippen LogP contribution in [0.4, 0.5) is 0 Å². The van der Waals surface area contributed by atoms with Gasteiger partial charge < -0.3 is 0 Å². The fourth-order valence-corrected chi connectivity index (χ4v) is 3.26. The number of rotatable bonds is 3. The lowest BCUT2D eigenvalue weighted by Crippen LogP contribution is -1.87. The average Bonchev–Trinajstić information content (AvgIpc) is 2.76. The summed E-state index contributed by atoms with van der Waals surface area (Å²) in [4.78, 5) is 0. The predicted octanol–water partition coefficient (Wildman–Crippen LogP) is 8.41. The summed E-state index contributed by atoms with van der Waals surface area (Å²) in [6, 6.07) is 36.7. The van der Waals surface area contributed by atoms with E-state index in [-0.39, 0.29) is 0 Å². The van der Waals surface area contributed by atoms with E-state index in [0.29, 0.717) is 0 Å². The lowest BCUT2D eigenvalue weighted by atomic mass is 9.91. The maximum atomic E-state index is 2.28. The average molecular weight is 365 g/mol. The molecule has 140 valence electrons. The Morgan fingerprint density at radius 2 is 1.00 bits per heavy atom. The van der Waals surface area contributed by atoms with Crippen LogP contribution in [0.5, 0.6) is 0 Å². The van der Waals surface area contributed by atoms with Crippen molar-refractivity contribution in [3.05, 3.63) is 109 Å². The van der Waals surface area contributed by atoms with E-state index in [1.165, 1.54) is 45.4 Å². The lowest BCUT2D eigenvalue weighted by molar-refractivity contribution is 1.09. The second-order valence-electron chi connectivity index (χ2n) is 7.07. The highest BCUT2D eigenvalue weighted by atomic mass is 14.1. The van der Waals surface area contributed by atoms with Gasteiger partial charge in [0, 0.05) is 0 Å². The van der Waals surface area contributed by atoms with Crippen molar-refractivity contribution in [3.8, 4) is 33.4 Å². The molecule has 4 aromatic rings. The smallest absolute Gasteiger partial charge is 0.0103 e. The summed E-state index contributed by atoms with van der Waals surface area (Å²) in [6.45, 7) is 6.40. The van der Waals surface area contributed by atoms with Crippen LogP contribution in [0.15, 0.2) is 103 Å². The van der Waals surface area contributed by atoms with E-state index in [1.54, 1.807) is 0 Å². The first-order chi connectivity index (χ1) is 13.7. The minimum Gasteiger partial charge on any atom is -0.0656 e. The second kappa shape index (κ2) is 9.71. The van der Waals surface area contributed by atoms with Gasteiger partial charge >= 0.3 is 0 Å². The highest BCUT2D eigenvalue weighted by Crippen LogP contribution is 2.34. The summed E-state index contributed by atoms with van der Waals surface area (Å²) in [5.41, 5.74) is 8.84. The molecule has 0 nitrogen and oxygen atoms in total. The Morgan fingerprint density at radius 1 is 0.464 bits per heavy atom. The minimum atomic E-state index is 1.25. The predicted molar refractivity (Wildman–Crippen MR) is 123 cm³/mol. The third kappa shape index (κ3) is 4.78. The monoisotopic (exact) mass is 364 g/mol. The first kappa shape index (κ1) is 19.6. The van der Waals surface area contributed by atoms with Gasteiger partial charge in [0.1, 0.15) is 0 Å². The number of aryl methyl sites for hydroxylation is 1. The molecule has 0 heteroatoms. The quantitative estimate of drug-likeness (QED) is 0.342. The molecule has 0 atom stereocenters. The van der Waals surface area contributed by atoms with Crippen LogP contribution in [0.2, 0.25) is 0 Å². The lowest BCUT2D eigenvalue weighted by Gasteiger charge is -2.13. The van der Waals surface area contributed by atoms with E-state index in [0.717, 1.165) is 0 Å². The SMILES string of the molecule is CCC.Cc1ccc(-c2cccc(-c3ccccc3)c2)c(-c2ccccc2)c1. The Hall–Kier alpha value is -3.12. The first-order valence-electron chi connectivity index (χ1n) is 10.0. The van der Waals surface area contributed by atoms with E-state index in [2.05, 4.69) is 124 Å². The first-order valence-corrected chi connectivity index (χ1v) is 10.0. The summed E-state index contributed by atoms with van der Waals surface area (Å²) in [7, 11) is 0. The van der Waals surface area contributed by atoms with Gasteiger partial charge in [0.25, 0.3) is 0 Å². The van der Waals surface area contributed by atoms with Crippen molar-refractivity contribution >= 4 is 0 Å². The largest absolute Gasteiger partial charge is 0.0656 e. The van der Waals surface area contributed by atoms with Crippen molar-refractivity contribution in [1.82, 2.24) is 0 Å². The number of benzene rings is 4. The van der Waals surface area contributed by atoms with E-state index in [4.69, 9.17) is 0 Å². The van der Waals surface area contributed by atoms with Crippen LogP contribution >= 0.6 is 0 Å². The molecular weight excluding hydrogens is 336 g/mol. The Morgan fingerprint density at radius 3 is 1.64 bits per heavy atom. The van der Waals surface area contributed by atoms with Gasteiger partial charge in [0.15, 0.2) is 0 Å². The third-order valence-corrected chi connectivity index (χ3v) is 4.54. The molecule has 0 saturated carbocycles. The van der Waals surface area contributed by atoms with Gasteiger partial charge in [-0.3, -0.25) is 0 Å². The fourth-order valence-electron chi connectivity index (χ4n) is 3.26. The molecule has 0 aliphatic carbocycles. The molecule has 0 fully saturated rings. The van der Waals surface area contributed by atoms with E-state index in [9.17, 15) is 0 Å². The zero-order valence-corrected chi connectivity index (χ0v) is 17.0. The minimum absolute atomic E-state index is 1.25. The molecule has 0 spiro atoms. The molecule has 0 amide bonds. The molecule has 0 N–H and O–H groups in total. The van der Waals surface area contributed by atoms with Crippen molar-refractivity contribution in [3.63, 3.8) is 0 Å². The van der Waals surface area contributed by atoms with Gasteiger partial charge in [-0.2, -0.15) is 0 Å². The molecule has 4 rings (SSSR count). The van der Waals surface area contributed by atoms with E-state index < -0.39 is 0 Å². The van der Waals surface area contributed by atoms with Gasteiger partial charge in [0.05, 0.1) is 0 Å². The van der Waals surface area contributed by atoms with Crippen molar-refractivity contribution in [1.29, 1.82) is 0 Å². The van der Waals surface area contributed by atoms with Crippen molar-refractivity contribution in [2.24, 2.45) is 0 Å². The van der Waals surface area contributed by atoms with Gasteiger partial charge in [-0.1, -0.05) is 123 Å². The Kier molecular flexibility index (Phi) is 6.81. The molecule has 0 unspecified atom stereocenters. The molecule has 0 bridgehead atoms. The molecule has 0 saturated heterocycles. The van der Waals surface area contributed by atoms with Gasteiger partial charge in [-0.15, -0.1) is 0 Å². The topological polar surface area (TPSA) is 0 Å². The zero-order chi connectivity index (χ0) is 19.8. The van der Waals surface area contributed by atoms with Crippen LogP contribution in [0, 0.1) is 6.92 Å². The van der Waals surface area contributed by atoms with Crippen LogP contribution in [0.1, 0.15) is 25.8 Å². The second-order valence-corrected chi connectivity index (χ2v) is 7.07. The van der Waals surface area contributed by atoms with Crippen LogP contribution in [0.3, 0.4) is 0 Å². The Labute approximate surface area is 169 Å². The number of hydrogen-bond donors (Lipinski definition) is 0. The maximum Gasteiger partial charge on any atom is -0.0103 e. The van der Waals surface area contributed by atoms with E-state index >= 15 is 0 Å². The molecule has 28 heavy (non-hydrogen) atoms. The Balaban J connectivity index is 0.000000706. The normalized spacial score (nSPS) is 10.1. The van der Waals surface area contributed by atoms with Crippen molar-refractivity contribution < 1.29 is 0 Å². The summed E-state index contributed by atoms with van der Waals surface area (Å²) in [5.74, 6) is 0. The zero-order valence-electron chi connectivity index (χ0n) is 17.0. The highest BCUT2D eigenvalue weighted by Gasteiger charge is 2.09. The molecule has 0 aromatic heterocycles. The fraction of sp³-hybridized carbons (Fsp3) is 0.143. The molecule has 0 aliphatic heterocycles. The molecule has 0 heterocycles.